The number of carbonyl (C=O) groups is 1. The van der Waals surface area contributed by atoms with E-state index >= 15 is 0 Å². The number of amides is 1. The summed E-state index contributed by atoms with van der Waals surface area (Å²) in [7, 11) is 1.61. The molecule has 0 fully saturated rings. The van der Waals surface area contributed by atoms with Gasteiger partial charge in [0.1, 0.15) is 5.75 Å². The van der Waals surface area contributed by atoms with E-state index in [9.17, 15) is 4.79 Å². The topological polar surface area (TPSA) is 110 Å². The molecule has 7 heteroatoms. The number of nitrogens with one attached hydrogen (secondary N) is 1. The monoisotopic (exact) mass is 420 g/mol. The first kappa shape index (κ1) is 22.2. The van der Waals surface area contributed by atoms with Crippen LogP contribution in [-0.4, -0.2) is 24.6 Å². The number of hydrogen-bond acceptors (Lipinski definition) is 6. The summed E-state index contributed by atoms with van der Waals surface area (Å²) in [5.41, 5.74) is 10.5. The Morgan fingerprint density at radius 2 is 2.13 bits per heavy atom. The molecule has 31 heavy (non-hydrogen) atoms. The number of hydrogen-bond donors (Lipinski definition) is 2. The van der Waals surface area contributed by atoms with Gasteiger partial charge in [0.15, 0.2) is 0 Å². The zero-order valence-electron chi connectivity index (χ0n) is 18.2. The van der Waals surface area contributed by atoms with E-state index in [4.69, 9.17) is 20.5 Å². The highest BCUT2D eigenvalue weighted by atomic mass is 16.5. The van der Waals surface area contributed by atoms with Crippen LogP contribution in [0.5, 0.6) is 11.6 Å². The molecule has 0 radical (unpaired) electrons. The number of aryl methyl sites for hydroxylation is 1. The van der Waals surface area contributed by atoms with Crippen molar-refractivity contribution in [3.05, 3.63) is 58.4 Å². The Hall–Kier alpha value is -3.53. The second-order valence-electron chi connectivity index (χ2n) is 7.48. The largest absolute Gasteiger partial charge is 0.496 e. The van der Waals surface area contributed by atoms with Gasteiger partial charge in [0.05, 0.1) is 25.3 Å². The van der Waals surface area contributed by atoms with Gasteiger partial charge in [-0.1, -0.05) is 12.5 Å². The number of ether oxygens (including phenoxy) is 2. The number of benzene rings is 1. The zero-order chi connectivity index (χ0) is 22.4. The lowest BCUT2D eigenvalue weighted by Gasteiger charge is -2.30. The molecular formula is C24H28N4O3. The van der Waals surface area contributed by atoms with Gasteiger partial charge < -0.3 is 20.5 Å². The predicted octanol–water partition coefficient (Wildman–Crippen LogP) is 4.04. The number of aromatic nitrogens is 1. The van der Waals surface area contributed by atoms with Gasteiger partial charge in [0.25, 0.3) is 0 Å². The van der Waals surface area contributed by atoms with E-state index in [0.29, 0.717) is 23.6 Å². The molecule has 0 aliphatic carbocycles. The summed E-state index contributed by atoms with van der Waals surface area (Å²) >= 11 is 0. The van der Waals surface area contributed by atoms with E-state index in [1.54, 1.807) is 25.4 Å². The van der Waals surface area contributed by atoms with E-state index < -0.39 is 5.91 Å². The van der Waals surface area contributed by atoms with E-state index in [2.05, 4.69) is 16.4 Å². The lowest BCUT2D eigenvalue weighted by Crippen LogP contribution is -2.27. The molecule has 1 aromatic heterocycles. The smallest absolute Gasteiger partial charge is 0.246 e. The molecule has 162 valence electrons. The fourth-order valence-electron chi connectivity index (χ4n) is 4.16. The number of nitrogens with two attached hydrogens (primary N) is 1. The molecule has 2 heterocycles. The number of primary amides is 1. The first-order valence-electron chi connectivity index (χ1n) is 10.5. The molecule has 1 aliphatic heterocycles. The number of unbranched alkanes of at least 4 members (excludes halogenated alkanes) is 1. The molecule has 1 aromatic carbocycles. The molecule has 7 nitrogen and oxygen atoms in total. The highest BCUT2D eigenvalue weighted by molar-refractivity contribution is 5.96. The Morgan fingerprint density at radius 1 is 1.32 bits per heavy atom. The number of fused-ring (bicyclic) bond motifs is 1. The number of nitriles is 1. The quantitative estimate of drug-likeness (QED) is 0.592. The van der Waals surface area contributed by atoms with Crippen molar-refractivity contribution in [3.8, 4) is 17.7 Å². The fourth-order valence-corrected chi connectivity index (χ4v) is 4.16. The molecule has 0 spiro atoms. The van der Waals surface area contributed by atoms with Gasteiger partial charge in [-0.2, -0.15) is 5.26 Å². The average Bonchev–Trinajstić information content (AvgIpc) is 2.76. The molecule has 1 aliphatic rings. The van der Waals surface area contributed by atoms with Crippen LogP contribution < -0.4 is 20.5 Å². The highest BCUT2D eigenvalue weighted by Gasteiger charge is 2.32. The fraction of sp³-hybridized carbons (Fsp3) is 0.375. The van der Waals surface area contributed by atoms with Crippen LogP contribution >= 0.6 is 0 Å². The van der Waals surface area contributed by atoms with Crippen LogP contribution in [0.3, 0.4) is 0 Å². The highest BCUT2D eigenvalue weighted by Crippen LogP contribution is 2.44. The molecule has 0 bridgehead atoms. The average molecular weight is 421 g/mol. The van der Waals surface area contributed by atoms with Gasteiger partial charge in [0, 0.05) is 34.6 Å². The summed E-state index contributed by atoms with van der Waals surface area (Å²) in [4.78, 5) is 16.7. The van der Waals surface area contributed by atoms with Crippen LogP contribution in [0.4, 0.5) is 5.69 Å². The normalized spacial score (nSPS) is 15.0. The number of methoxy groups -OCH3 is 1. The van der Waals surface area contributed by atoms with Gasteiger partial charge in [0.2, 0.25) is 11.8 Å². The van der Waals surface area contributed by atoms with E-state index in [1.165, 1.54) is 0 Å². The number of anilines is 1. The Balaban J connectivity index is 1.79. The van der Waals surface area contributed by atoms with Crippen molar-refractivity contribution in [1.82, 2.24) is 4.98 Å². The van der Waals surface area contributed by atoms with Gasteiger partial charge in [-0.25, -0.2) is 4.98 Å². The van der Waals surface area contributed by atoms with Crippen molar-refractivity contribution in [2.45, 2.75) is 45.4 Å². The molecule has 1 atom stereocenters. The standard InChI is InChI=1S/C24H28N4O3/c1-4-31-24-22-18(21(23(26)29)15(2)28-19(22)11-12-27-24)8-6-5-7-17-10-9-16(14-25)13-20(17)30-3/h9-13,18,28H,4-8H2,1-3H3,(H2,26,29). The van der Waals surface area contributed by atoms with Crippen molar-refractivity contribution in [3.63, 3.8) is 0 Å². The summed E-state index contributed by atoms with van der Waals surface area (Å²) in [5.74, 6) is 0.660. The molecule has 0 saturated carbocycles. The van der Waals surface area contributed by atoms with Gasteiger partial charge in [-0.3, -0.25) is 4.79 Å². The summed E-state index contributed by atoms with van der Waals surface area (Å²) in [6.45, 7) is 4.27. The minimum Gasteiger partial charge on any atom is -0.496 e. The minimum atomic E-state index is -0.430. The molecule has 1 unspecified atom stereocenters. The first-order valence-corrected chi connectivity index (χ1v) is 10.5. The summed E-state index contributed by atoms with van der Waals surface area (Å²) in [6.07, 6.45) is 5.03. The summed E-state index contributed by atoms with van der Waals surface area (Å²) in [6, 6.07) is 9.53. The SMILES string of the molecule is CCOc1nccc2c1C(CCCCc1ccc(C#N)cc1OC)C(C(N)=O)=C(C)N2. The molecule has 0 saturated heterocycles. The number of nitrogens with zero attached hydrogens (tertiary/aromatic N) is 2. The van der Waals surface area contributed by atoms with Crippen molar-refractivity contribution in [2.75, 3.05) is 19.0 Å². The van der Waals surface area contributed by atoms with Crippen molar-refractivity contribution in [1.29, 1.82) is 5.26 Å². The molecule has 3 rings (SSSR count). The maximum Gasteiger partial charge on any atom is 0.246 e. The number of rotatable bonds is 9. The van der Waals surface area contributed by atoms with Gasteiger partial charge in [-0.15, -0.1) is 0 Å². The van der Waals surface area contributed by atoms with Gasteiger partial charge in [-0.05, 0) is 56.9 Å². The van der Waals surface area contributed by atoms with E-state index in [-0.39, 0.29) is 5.92 Å². The van der Waals surface area contributed by atoms with Crippen molar-refractivity contribution < 1.29 is 14.3 Å². The maximum absolute atomic E-state index is 12.3. The van der Waals surface area contributed by atoms with Crippen molar-refractivity contribution >= 4 is 11.6 Å². The Morgan fingerprint density at radius 3 is 2.81 bits per heavy atom. The van der Waals surface area contributed by atoms with Crippen LogP contribution in [0, 0.1) is 11.3 Å². The minimum absolute atomic E-state index is 0.174. The predicted molar refractivity (Wildman–Crippen MR) is 119 cm³/mol. The lowest BCUT2D eigenvalue weighted by molar-refractivity contribution is -0.114. The van der Waals surface area contributed by atoms with Crippen LogP contribution in [-0.2, 0) is 11.2 Å². The molecular weight excluding hydrogens is 392 g/mol. The first-order chi connectivity index (χ1) is 15.0. The maximum atomic E-state index is 12.3. The van der Waals surface area contributed by atoms with E-state index in [0.717, 1.165) is 53.9 Å². The molecule has 2 aromatic rings. The zero-order valence-corrected chi connectivity index (χ0v) is 18.2. The second-order valence-corrected chi connectivity index (χ2v) is 7.48. The number of allylic oxidation sites excluding steroid dienone is 1. The lowest BCUT2D eigenvalue weighted by atomic mass is 9.82. The number of carbonyl (C=O) groups excluding carboxylic acids is 1. The Labute approximate surface area is 182 Å². The van der Waals surface area contributed by atoms with Crippen LogP contribution in [0.15, 0.2) is 41.7 Å². The second kappa shape index (κ2) is 9.98. The number of pyridine rings is 1. The Kier molecular flexibility index (Phi) is 7.14. The molecule has 1 amide bonds. The van der Waals surface area contributed by atoms with Crippen LogP contribution in [0.2, 0.25) is 0 Å². The van der Waals surface area contributed by atoms with Crippen LogP contribution in [0.25, 0.3) is 0 Å². The van der Waals surface area contributed by atoms with Crippen LogP contribution in [0.1, 0.15) is 55.7 Å². The molecule has 3 N–H and O–H groups in total. The van der Waals surface area contributed by atoms with Crippen molar-refractivity contribution in [2.24, 2.45) is 5.73 Å². The summed E-state index contributed by atoms with van der Waals surface area (Å²) < 4.78 is 11.2. The third kappa shape index (κ3) is 4.80. The third-order valence-electron chi connectivity index (χ3n) is 5.53. The Bertz CT molecular complexity index is 1040. The van der Waals surface area contributed by atoms with E-state index in [1.807, 2.05) is 26.0 Å². The van der Waals surface area contributed by atoms with Gasteiger partial charge >= 0.3 is 0 Å². The summed E-state index contributed by atoms with van der Waals surface area (Å²) in [5, 5.41) is 12.3. The third-order valence-corrected chi connectivity index (χ3v) is 5.53.